The van der Waals surface area contributed by atoms with Gasteiger partial charge in [-0.25, -0.2) is 0 Å². The lowest BCUT2D eigenvalue weighted by Crippen LogP contribution is -2.32. The minimum atomic E-state index is -0.746. The van der Waals surface area contributed by atoms with Crippen molar-refractivity contribution in [3.8, 4) is 0 Å². The molecule has 6 rings (SSSR count). The van der Waals surface area contributed by atoms with Crippen molar-refractivity contribution in [2.24, 2.45) is 0 Å². The average molecular weight is 506 g/mol. The molecule has 196 valence electrons. The maximum absolute atomic E-state index is 6.74. The van der Waals surface area contributed by atoms with Gasteiger partial charge in [-0.2, -0.15) is 0 Å². The van der Waals surface area contributed by atoms with Gasteiger partial charge < -0.3 is 19.4 Å². The van der Waals surface area contributed by atoms with E-state index < -0.39 is 5.60 Å². The molecule has 4 heteroatoms. The highest BCUT2D eigenvalue weighted by Crippen LogP contribution is 2.46. The molecule has 1 atom stereocenters. The largest absolute Gasteiger partial charge is 0.377 e. The molecule has 0 aromatic heterocycles. The van der Waals surface area contributed by atoms with Crippen LogP contribution in [-0.4, -0.2) is 47.4 Å². The molecule has 4 nitrogen and oxygen atoms in total. The van der Waals surface area contributed by atoms with E-state index in [2.05, 4.69) is 114 Å². The van der Waals surface area contributed by atoms with Crippen LogP contribution in [0.15, 0.2) is 84.9 Å². The summed E-state index contributed by atoms with van der Waals surface area (Å²) >= 11 is 0. The summed E-state index contributed by atoms with van der Waals surface area (Å²) in [5.41, 5.74) is 6.55. The lowest BCUT2D eigenvalue weighted by Gasteiger charge is -2.37. The van der Waals surface area contributed by atoms with Crippen LogP contribution >= 0.6 is 0 Å². The highest BCUT2D eigenvalue weighted by molar-refractivity contribution is 5.97. The minimum absolute atomic E-state index is 0.746. The molecule has 2 aliphatic heterocycles. The first-order chi connectivity index (χ1) is 18.6. The van der Waals surface area contributed by atoms with Crippen molar-refractivity contribution in [1.29, 1.82) is 0 Å². The molecular formula is C34H39N3O. The molecule has 0 bridgehead atoms. The van der Waals surface area contributed by atoms with Crippen molar-refractivity contribution in [3.05, 3.63) is 102 Å². The van der Waals surface area contributed by atoms with Gasteiger partial charge in [0.15, 0.2) is 0 Å². The summed E-state index contributed by atoms with van der Waals surface area (Å²) < 4.78 is 6.74. The fourth-order valence-electron chi connectivity index (χ4n) is 6.58. The van der Waals surface area contributed by atoms with Crippen LogP contribution in [0.4, 0.5) is 17.1 Å². The Morgan fingerprint density at radius 3 is 1.89 bits per heavy atom. The van der Waals surface area contributed by atoms with E-state index in [1.807, 2.05) is 7.11 Å². The SMILES string of the molecule is COC(c1ccc(N2CCCC2)cc1)(c1cccc(N2CCCC2)c1)c1ccc(N(C)C)c2ccccc12. The second-order valence-electron chi connectivity index (χ2n) is 10.9. The van der Waals surface area contributed by atoms with E-state index in [9.17, 15) is 0 Å². The Morgan fingerprint density at radius 2 is 1.26 bits per heavy atom. The van der Waals surface area contributed by atoms with Gasteiger partial charge in [0.1, 0.15) is 5.60 Å². The molecule has 2 saturated heterocycles. The van der Waals surface area contributed by atoms with Crippen molar-refractivity contribution >= 4 is 27.8 Å². The maximum Gasteiger partial charge on any atom is 0.144 e. The van der Waals surface area contributed by atoms with Crippen LogP contribution in [0.25, 0.3) is 10.8 Å². The number of hydrogen-bond acceptors (Lipinski definition) is 4. The topological polar surface area (TPSA) is 19.0 Å². The highest BCUT2D eigenvalue weighted by Gasteiger charge is 2.39. The van der Waals surface area contributed by atoms with E-state index in [1.165, 1.54) is 64.6 Å². The molecule has 0 saturated carbocycles. The van der Waals surface area contributed by atoms with Crippen LogP contribution in [0.2, 0.25) is 0 Å². The monoisotopic (exact) mass is 505 g/mol. The number of methoxy groups -OCH3 is 1. The normalized spacial score (nSPS) is 17.2. The van der Waals surface area contributed by atoms with E-state index in [0.717, 1.165) is 31.7 Å². The van der Waals surface area contributed by atoms with Gasteiger partial charge in [-0.3, -0.25) is 0 Å². The molecule has 2 aliphatic rings. The van der Waals surface area contributed by atoms with E-state index in [1.54, 1.807) is 0 Å². The Hall–Kier alpha value is -3.50. The molecule has 0 radical (unpaired) electrons. The first-order valence-corrected chi connectivity index (χ1v) is 14.1. The van der Waals surface area contributed by atoms with Crippen LogP contribution in [0, 0.1) is 0 Å². The molecule has 0 spiro atoms. The number of nitrogens with zero attached hydrogens (tertiary/aromatic N) is 3. The van der Waals surface area contributed by atoms with Gasteiger partial charge >= 0.3 is 0 Å². The standard InChI is InChI=1S/C34H39N3O/c1-35(2)33-20-19-32(30-13-4-5-14-31(30)33)34(38-3,26-15-17-28(18-16-26)36-21-6-7-22-36)27-11-10-12-29(25-27)37-23-8-9-24-37/h4-5,10-20,25H,6-9,21-24H2,1-3H3. The molecule has 2 heterocycles. The van der Waals surface area contributed by atoms with Crippen molar-refractivity contribution in [1.82, 2.24) is 0 Å². The van der Waals surface area contributed by atoms with Gasteiger partial charge in [-0.1, -0.05) is 54.6 Å². The molecule has 0 aliphatic carbocycles. The van der Waals surface area contributed by atoms with Crippen molar-refractivity contribution in [2.75, 3.05) is 62.1 Å². The number of benzene rings is 4. The average Bonchev–Trinajstić information content (AvgIpc) is 3.70. The van der Waals surface area contributed by atoms with E-state index in [4.69, 9.17) is 4.74 Å². The molecule has 0 amide bonds. The predicted molar refractivity (Wildman–Crippen MR) is 161 cm³/mol. The third kappa shape index (κ3) is 4.21. The highest BCUT2D eigenvalue weighted by atomic mass is 16.5. The van der Waals surface area contributed by atoms with Gasteiger partial charge in [-0.15, -0.1) is 0 Å². The number of anilines is 3. The molecule has 2 fully saturated rings. The fraction of sp³-hybridized carbons (Fsp3) is 0.353. The van der Waals surface area contributed by atoms with Crippen LogP contribution in [0.5, 0.6) is 0 Å². The third-order valence-corrected chi connectivity index (χ3v) is 8.54. The maximum atomic E-state index is 6.74. The van der Waals surface area contributed by atoms with Gasteiger partial charge in [0.25, 0.3) is 0 Å². The lowest BCUT2D eigenvalue weighted by atomic mass is 9.77. The van der Waals surface area contributed by atoms with Gasteiger partial charge in [0.2, 0.25) is 0 Å². The Balaban J connectivity index is 1.58. The lowest BCUT2D eigenvalue weighted by molar-refractivity contribution is 0.0598. The van der Waals surface area contributed by atoms with Crippen molar-refractivity contribution in [2.45, 2.75) is 31.3 Å². The van der Waals surface area contributed by atoms with Crippen molar-refractivity contribution < 1.29 is 4.74 Å². The van der Waals surface area contributed by atoms with Gasteiger partial charge in [-0.05, 0) is 72.5 Å². The Morgan fingerprint density at radius 1 is 0.632 bits per heavy atom. The number of hydrogen-bond donors (Lipinski definition) is 0. The first-order valence-electron chi connectivity index (χ1n) is 14.1. The summed E-state index contributed by atoms with van der Waals surface area (Å²) in [6, 6.07) is 31.5. The number of fused-ring (bicyclic) bond motifs is 1. The molecular weight excluding hydrogens is 466 g/mol. The van der Waals surface area contributed by atoms with Gasteiger partial charge in [0.05, 0.1) is 0 Å². The molecule has 0 N–H and O–H groups in total. The molecule has 38 heavy (non-hydrogen) atoms. The smallest absolute Gasteiger partial charge is 0.144 e. The number of rotatable bonds is 7. The van der Waals surface area contributed by atoms with Crippen LogP contribution < -0.4 is 14.7 Å². The van der Waals surface area contributed by atoms with E-state index in [0.29, 0.717) is 0 Å². The second-order valence-corrected chi connectivity index (χ2v) is 10.9. The summed E-state index contributed by atoms with van der Waals surface area (Å²) in [6.45, 7) is 4.52. The molecule has 1 unspecified atom stereocenters. The minimum Gasteiger partial charge on any atom is -0.377 e. The predicted octanol–water partition coefficient (Wildman–Crippen LogP) is 7.04. The van der Waals surface area contributed by atoms with Gasteiger partial charge in [0, 0.05) is 75.4 Å². The summed E-state index contributed by atoms with van der Waals surface area (Å²) in [7, 11) is 6.09. The molecule has 4 aromatic carbocycles. The summed E-state index contributed by atoms with van der Waals surface area (Å²) in [5.74, 6) is 0. The third-order valence-electron chi connectivity index (χ3n) is 8.54. The fourth-order valence-corrected chi connectivity index (χ4v) is 6.58. The van der Waals surface area contributed by atoms with E-state index >= 15 is 0 Å². The molecule has 4 aromatic rings. The van der Waals surface area contributed by atoms with Crippen LogP contribution in [0.1, 0.15) is 42.4 Å². The zero-order valence-corrected chi connectivity index (χ0v) is 23.0. The Bertz CT molecular complexity index is 1400. The van der Waals surface area contributed by atoms with Crippen LogP contribution in [0.3, 0.4) is 0 Å². The second kappa shape index (κ2) is 10.3. The van der Waals surface area contributed by atoms with E-state index in [-0.39, 0.29) is 0 Å². The summed E-state index contributed by atoms with van der Waals surface area (Å²) in [5, 5.41) is 2.46. The summed E-state index contributed by atoms with van der Waals surface area (Å²) in [6.07, 6.45) is 5.07. The number of ether oxygens (including phenoxy) is 1. The zero-order chi connectivity index (χ0) is 26.1. The Labute approximate surface area is 227 Å². The zero-order valence-electron chi connectivity index (χ0n) is 23.0. The first kappa shape index (κ1) is 24.8. The Kier molecular flexibility index (Phi) is 6.75. The van der Waals surface area contributed by atoms with Crippen molar-refractivity contribution in [3.63, 3.8) is 0 Å². The summed E-state index contributed by atoms with van der Waals surface area (Å²) in [4.78, 5) is 7.20. The quantitative estimate of drug-likeness (QED) is 0.251. The van der Waals surface area contributed by atoms with Crippen LogP contribution in [-0.2, 0) is 10.3 Å².